The Balaban J connectivity index is 1.77. The van der Waals surface area contributed by atoms with Crippen LogP contribution in [0.2, 0.25) is 0 Å². The molecule has 9 heteroatoms. The average molecular weight is 500 g/mol. The van der Waals surface area contributed by atoms with Gasteiger partial charge in [-0.3, -0.25) is 9.69 Å². The number of likely N-dealkylation sites (tertiary alicyclic amines) is 1. The SMILES string of the molecule is CCOC(=O)C1C(c2cc(OC)c(OC)c(OC)c2)c2cc3c(cc2OC1(C)N1CCCC1)OCO3. The Hall–Kier alpha value is -3.33. The van der Waals surface area contributed by atoms with Crippen molar-refractivity contribution < 1.29 is 38.0 Å². The molecule has 3 heterocycles. The first kappa shape index (κ1) is 24.4. The third-order valence-electron chi connectivity index (χ3n) is 7.39. The third-order valence-corrected chi connectivity index (χ3v) is 7.39. The lowest BCUT2D eigenvalue weighted by Crippen LogP contribution is -2.61. The summed E-state index contributed by atoms with van der Waals surface area (Å²) in [6.45, 7) is 5.86. The van der Waals surface area contributed by atoms with Crippen LogP contribution in [0.15, 0.2) is 24.3 Å². The highest BCUT2D eigenvalue weighted by atomic mass is 16.7. The maximum Gasteiger partial charge on any atom is 0.315 e. The van der Waals surface area contributed by atoms with Crippen LogP contribution in [0, 0.1) is 5.92 Å². The van der Waals surface area contributed by atoms with Crippen molar-refractivity contribution in [2.45, 2.75) is 38.3 Å². The molecule has 0 radical (unpaired) electrons. The van der Waals surface area contributed by atoms with Crippen LogP contribution in [-0.4, -0.2) is 64.4 Å². The number of carbonyl (C=O) groups is 1. The molecule has 3 atom stereocenters. The molecule has 1 saturated heterocycles. The molecule has 0 spiro atoms. The number of carbonyl (C=O) groups excluding carboxylic acids is 1. The van der Waals surface area contributed by atoms with Crippen molar-refractivity contribution in [2.24, 2.45) is 5.92 Å². The second kappa shape index (κ2) is 9.61. The van der Waals surface area contributed by atoms with E-state index in [1.807, 2.05) is 38.1 Å². The van der Waals surface area contributed by atoms with Gasteiger partial charge < -0.3 is 33.2 Å². The normalized spacial score (nSPS) is 24.6. The molecule has 1 fully saturated rings. The monoisotopic (exact) mass is 499 g/mol. The maximum atomic E-state index is 13.8. The van der Waals surface area contributed by atoms with Crippen LogP contribution in [0.25, 0.3) is 0 Å². The molecular formula is C27H33NO8. The quantitative estimate of drug-likeness (QED) is 0.526. The Morgan fingerprint density at radius 3 is 2.19 bits per heavy atom. The molecule has 0 aliphatic carbocycles. The minimum absolute atomic E-state index is 0.137. The zero-order chi connectivity index (χ0) is 25.4. The van der Waals surface area contributed by atoms with Crippen LogP contribution >= 0.6 is 0 Å². The van der Waals surface area contributed by atoms with Crippen molar-refractivity contribution in [3.05, 3.63) is 35.4 Å². The van der Waals surface area contributed by atoms with Gasteiger partial charge >= 0.3 is 5.97 Å². The second-order valence-electron chi connectivity index (χ2n) is 9.26. The average Bonchev–Trinajstić information content (AvgIpc) is 3.58. The molecule has 0 bridgehead atoms. The molecule has 2 aromatic carbocycles. The topological polar surface area (TPSA) is 84.9 Å². The second-order valence-corrected chi connectivity index (χ2v) is 9.26. The zero-order valence-corrected chi connectivity index (χ0v) is 21.4. The Kier molecular flexibility index (Phi) is 6.51. The summed E-state index contributed by atoms with van der Waals surface area (Å²) in [6, 6.07) is 7.55. The number of esters is 1. The van der Waals surface area contributed by atoms with E-state index in [1.54, 1.807) is 21.3 Å². The first-order valence-corrected chi connectivity index (χ1v) is 12.3. The summed E-state index contributed by atoms with van der Waals surface area (Å²) in [5, 5.41) is 0. The van der Waals surface area contributed by atoms with Gasteiger partial charge in [0.05, 0.1) is 27.9 Å². The van der Waals surface area contributed by atoms with Crippen molar-refractivity contribution in [3.63, 3.8) is 0 Å². The Morgan fingerprint density at radius 1 is 0.972 bits per heavy atom. The number of rotatable bonds is 7. The molecule has 3 aliphatic rings. The van der Waals surface area contributed by atoms with E-state index in [1.165, 1.54) is 0 Å². The maximum absolute atomic E-state index is 13.8. The summed E-state index contributed by atoms with van der Waals surface area (Å²) in [6.07, 6.45) is 2.08. The van der Waals surface area contributed by atoms with Gasteiger partial charge in [0.1, 0.15) is 11.7 Å². The first-order valence-electron chi connectivity index (χ1n) is 12.3. The standard InChI is InChI=1S/C27H33NO8/c1-6-33-26(29)24-23(16-11-21(30-3)25(32-5)22(12-16)31-4)17-13-19-20(35-15-34-19)14-18(17)36-27(24,2)28-9-7-8-10-28/h11-14,23-24H,6-10,15H2,1-5H3. The van der Waals surface area contributed by atoms with E-state index < -0.39 is 17.6 Å². The van der Waals surface area contributed by atoms with Crippen LogP contribution in [0.4, 0.5) is 0 Å². The van der Waals surface area contributed by atoms with Crippen molar-refractivity contribution in [3.8, 4) is 34.5 Å². The molecular weight excluding hydrogens is 466 g/mol. The molecule has 0 amide bonds. The van der Waals surface area contributed by atoms with Crippen molar-refractivity contribution >= 4 is 5.97 Å². The molecule has 194 valence electrons. The van der Waals surface area contributed by atoms with E-state index in [0.717, 1.165) is 37.1 Å². The summed E-state index contributed by atoms with van der Waals surface area (Å²) < 4.78 is 40.6. The molecule has 0 saturated carbocycles. The van der Waals surface area contributed by atoms with Crippen LogP contribution < -0.4 is 28.4 Å². The van der Waals surface area contributed by atoms with Gasteiger partial charge in [-0.1, -0.05) is 0 Å². The van der Waals surface area contributed by atoms with Gasteiger partial charge in [-0.15, -0.1) is 0 Å². The van der Waals surface area contributed by atoms with Crippen LogP contribution in [0.3, 0.4) is 0 Å². The van der Waals surface area contributed by atoms with Gasteiger partial charge in [0.25, 0.3) is 0 Å². The molecule has 2 aromatic rings. The summed E-state index contributed by atoms with van der Waals surface area (Å²) in [7, 11) is 4.72. The Bertz CT molecular complexity index is 1120. The fraction of sp³-hybridized carbons (Fsp3) is 0.519. The Morgan fingerprint density at radius 2 is 1.61 bits per heavy atom. The first-order chi connectivity index (χ1) is 17.4. The predicted molar refractivity (Wildman–Crippen MR) is 130 cm³/mol. The number of ether oxygens (including phenoxy) is 7. The van der Waals surface area contributed by atoms with Gasteiger partial charge in [-0.2, -0.15) is 0 Å². The van der Waals surface area contributed by atoms with Gasteiger partial charge in [-0.25, -0.2) is 0 Å². The van der Waals surface area contributed by atoms with E-state index in [9.17, 15) is 4.79 Å². The van der Waals surface area contributed by atoms with Gasteiger partial charge in [0.15, 0.2) is 28.7 Å². The zero-order valence-electron chi connectivity index (χ0n) is 21.4. The lowest BCUT2D eigenvalue weighted by molar-refractivity contribution is -0.174. The molecule has 3 aliphatic heterocycles. The van der Waals surface area contributed by atoms with E-state index in [2.05, 4.69) is 4.90 Å². The number of hydrogen-bond donors (Lipinski definition) is 0. The number of methoxy groups -OCH3 is 3. The fourth-order valence-electron chi connectivity index (χ4n) is 5.71. The highest BCUT2D eigenvalue weighted by Gasteiger charge is 2.56. The van der Waals surface area contributed by atoms with Crippen LogP contribution in [0.5, 0.6) is 34.5 Å². The van der Waals surface area contributed by atoms with Gasteiger partial charge in [0.2, 0.25) is 12.5 Å². The molecule has 5 rings (SSSR count). The predicted octanol–water partition coefficient (Wildman–Crippen LogP) is 3.96. The van der Waals surface area contributed by atoms with Crippen molar-refractivity contribution in [1.82, 2.24) is 4.90 Å². The fourth-order valence-corrected chi connectivity index (χ4v) is 5.71. The third kappa shape index (κ3) is 3.86. The summed E-state index contributed by atoms with van der Waals surface area (Å²) in [4.78, 5) is 16.0. The van der Waals surface area contributed by atoms with Crippen molar-refractivity contribution in [2.75, 3.05) is 47.8 Å². The van der Waals surface area contributed by atoms with Gasteiger partial charge in [-0.05, 0) is 50.5 Å². The highest BCUT2D eigenvalue weighted by molar-refractivity contribution is 5.78. The number of hydrogen-bond acceptors (Lipinski definition) is 9. The van der Waals surface area contributed by atoms with Crippen molar-refractivity contribution in [1.29, 1.82) is 0 Å². The Labute approximate surface area is 211 Å². The number of benzene rings is 2. The highest BCUT2D eigenvalue weighted by Crippen LogP contribution is 2.55. The lowest BCUT2D eigenvalue weighted by atomic mass is 9.72. The van der Waals surface area contributed by atoms with E-state index >= 15 is 0 Å². The molecule has 0 aromatic heterocycles. The number of nitrogens with zero attached hydrogens (tertiary/aromatic N) is 1. The summed E-state index contributed by atoms with van der Waals surface area (Å²) in [5.74, 6) is 1.93. The minimum Gasteiger partial charge on any atom is -0.493 e. The molecule has 3 unspecified atom stereocenters. The van der Waals surface area contributed by atoms with Crippen LogP contribution in [0.1, 0.15) is 43.7 Å². The number of fused-ring (bicyclic) bond motifs is 2. The largest absolute Gasteiger partial charge is 0.493 e. The summed E-state index contributed by atoms with van der Waals surface area (Å²) in [5.41, 5.74) is 0.675. The van der Waals surface area contributed by atoms with E-state index in [0.29, 0.717) is 34.5 Å². The smallest absolute Gasteiger partial charge is 0.315 e. The molecule has 9 nitrogen and oxygen atoms in total. The minimum atomic E-state index is -0.950. The van der Waals surface area contributed by atoms with Crippen LogP contribution in [-0.2, 0) is 9.53 Å². The van der Waals surface area contributed by atoms with Gasteiger partial charge in [0, 0.05) is 30.6 Å². The molecule has 36 heavy (non-hydrogen) atoms. The molecule has 0 N–H and O–H groups in total. The lowest BCUT2D eigenvalue weighted by Gasteiger charge is -2.49. The van der Waals surface area contributed by atoms with E-state index in [-0.39, 0.29) is 19.4 Å². The summed E-state index contributed by atoms with van der Waals surface area (Å²) >= 11 is 0. The van der Waals surface area contributed by atoms with E-state index in [4.69, 9.17) is 33.2 Å².